The standard InChI is InChI=1S/C14H31N/c1-5-7-8-9-10-11-14(15-6-2)12-13(3)4/h13-15H,5-12H2,1-4H3. The zero-order chi connectivity index (χ0) is 11.5. The van der Waals surface area contributed by atoms with E-state index >= 15 is 0 Å². The second-order valence-corrected chi connectivity index (χ2v) is 5.09. The monoisotopic (exact) mass is 213 g/mol. The van der Waals surface area contributed by atoms with Gasteiger partial charge < -0.3 is 5.32 Å². The molecule has 1 nitrogen and oxygen atoms in total. The SMILES string of the molecule is CCCCCCCC(CC(C)C)NCC. The maximum absolute atomic E-state index is 3.60. The molecule has 0 saturated heterocycles. The fourth-order valence-electron chi connectivity index (χ4n) is 2.16. The molecular weight excluding hydrogens is 182 g/mol. The van der Waals surface area contributed by atoms with Crippen LogP contribution < -0.4 is 5.32 Å². The molecule has 1 heteroatoms. The van der Waals surface area contributed by atoms with Gasteiger partial charge in [-0.3, -0.25) is 0 Å². The van der Waals surface area contributed by atoms with Crippen LogP contribution in [0.25, 0.3) is 0 Å². The first kappa shape index (κ1) is 15.0. The van der Waals surface area contributed by atoms with Crippen molar-refractivity contribution < 1.29 is 0 Å². The van der Waals surface area contributed by atoms with Gasteiger partial charge in [-0.05, 0) is 25.3 Å². The van der Waals surface area contributed by atoms with Crippen LogP contribution in [-0.4, -0.2) is 12.6 Å². The Hall–Kier alpha value is -0.0400. The topological polar surface area (TPSA) is 12.0 Å². The van der Waals surface area contributed by atoms with Gasteiger partial charge in [0.05, 0.1) is 0 Å². The molecule has 0 spiro atoms. The highest BCUT2D eigenvalue weighted by molar-refractivity contribution is 4.67. The second kappa shape index (κ2) is 10.5. The molecule has 0 heterocycles. The molecule has 0 aromatic heterocycles. The third kappa shape index (κ3) is 10.2. The van der Waals surface area contributed by atoms with Crippen molar-refractivity contribution in [3.63, 3.8) is 0 Å². The molecule has 1 atom stereocenters. The predicted octanol–water partition coefficient (Wildman–Crippen LogP) is 4.37. The number of hydrogen-bond acceptors (Lipinski definition) is 1. The van der Waals surface area contributed by atoms with Gasteiger partial charge >= 0.3 is 0 Å². The van der Waals surface area contributed by atoms with E-state index in [1.165, 1.54) is 44.9 Å². The fraction of sp³-hybridized carbons (Fsp3) is 1.00. The Labute approximate surface area is 97.0 Å². The highest BCUT2D eigenvalue weighted by Crippen LogP contribution is 2.13. The predicted molar refractivity (Wildman–Crippen MR) is 70.3 cm³/mol. The lowest BCUT2D eigenvalue weighted by Gasteiger charge is -2.19. The largest absolute Gasteiger partial charge is 0.314 e. The highest BCUT2D eigenvalue weighted by Gasteiger charge is 2.08. The molecule has 0 aliphatic carbocycles. The van der Waals surface area contributed by atoms with Crippen molar-refractivity contribution in [1.29, 1.82) is 0 Å². The summed E-state index contributed by atoms with van der Waals surface area (Å²) >= 11 is 0. The fourth-order valence-corrected chi connectivity index (χ4v) is 2.16. The van der Waals surface area contributed by atoms with Crippen LogP contribution in [0.3, 0.4) is 0 Å². The van der Waals surface area contributed by atoms with E-state index in [1.807, 2.05) is 0 Å². The Morgan fingerprint density at radius 3 is 2.13 bits per heavy atom. The van der Waals surface area contributed by atoms with E-state index in [2.05, 4.69) is 33.0 Å². The summed E-state index contributed by atoms with van der Waals surface area (Å²) in [6, 6.07) is 0.761. The van der Waals surface area contributed by atoms with Crippen molar-refractivity contribution in [1.82, 2.24) is 5.32 Å². The minimum Gasteiger partial charge on any atom is -0.314 e. The highest BCUT2D eigenvalue weighted by atomic mass is 14.9. The second-order valence-electron chi connectivity index (χ2n) is 5.09. The van der Waals surface area contributed by atoms with Crippen LogP contribution >= 0.6 is 0 Å². The zero-order valence-corrected chi connectivity index (χ0v) is 11.3. The van der Waals surface area contributed by atoms with E-state index in [-0.39, 0.29) is 0 Å². The van der Waals surface area contributed by atoms with Crippen LogP contribution in [0.2, 0.25) is 0 Å². The number of hydrogen-bond donors (Lipinski definition) is 1. The van der Waals surface area contributed by atoms with Gasteiger partial charge in [0, 0.05) is 6.04 Å². The lowest BCUT2D eigenvalue weighted by molar-refractivity contribution is 0.391. The Balaban J connectivity index is 3.47. The average molecular weight is 213 g/mol. The average Bonchev–Trinajstić information content (AvgIpc) is 2.17. The molecule has 0 aromatic carbocycles. The van der Waals surface area contributed by atoms with Gasteiger partial charge in [0.1, 0.15) is 0 Å². The summed E-state index contributed by atoms with van der Waals surface area (Å²) in [5.74, 6) is 0.824. The van der Waals surface area contributed by atoms with Gasteiger partial charge in [0.2, 0.25) is 0 Å². The summed E-state index contributed by atoms with van der Waals surface area (Å²) in [4.78, 5) is 0. The van der Waals surface area contributed by atoms with E-state index in [0.29, 0.717) is 0 Å². The Bertz CT molecular complexity index is 121. The smallest absolute Gasteiger partial charge is 0.00693 e. The molecule has 0 saturated carbocycles. The van der Waals surface area contributed by atoms with Gasteiger partial charge in [-0.1, -0.05) is 59.8 Å². The summed E-state index contributed by atoms with van der Waals surface area (Å²) in [7, 11) is 0. The van der Waals surface area contributed by atoms with Crippen molar-refractivity contribution in [2.75, 3.05) is 6.54 Å². The Morgan fingerprint density at radius 2 is 1.60 bits per heavy atom. The molecule has 0 rings (SSSR count). The summed E-state index contributed by atoms with van der Waals surface area (Å²) in [5, 5.41) is 3.60. The van der Waals surface area contributed by atoms with Crippen LogP contribution in [0.5, 0.6) is 0 Å². The summed E-state index contributed by atoms with van der Waals surface area (Å²) in [6.45, 7) is 10.2. The third-order valence-electron chi connectivity index (χ3n) is 2.90. The van der Waals surface area contributed by atoms with Crippen LogP contribution in [0, 0.1) is 5.92 Å². The molecule has 0 bridgehead atoms. The maximum Gasteiger partial charge on any atom is 0.00693 e. The van der Waals surface area contributed by atoms with Gasteiger partial charge in [-0.15, -0.1) is 0 Å². The zero-order valence-electron chi connectivity index (χ0n) is 11.3. The minimum absolute atomic E-state index is 0.761. The molecule has 0 aliphatic heterocycles. The van der Waals surface area contributed by atoms with Crippen LogP contribution in [0.1, 0.15) is 72.6 Å². The van der Waals surface area contributed by atoms with Crippen LogP contribution in [-0.2, 0) is 0 Å². The minimum atomic E-state index is 0.761. The van der Waals surface area contributed by atoms with E-state index in [4.69, 9.17) is 0 Å². The molecule has 0 aromatic rings. The molecule has 1 unspecified atom stereocenters. The van der Waals surface area contributed by atoms with Gasteiger partial charge in [0.25, 0.3) is 0 Å². The van der Waals surface area contributed by atoms with Crippen molar-refractivity contribution in [3.8, 4) is 0 Å². The lowest BCUT2D eigenvalue weighted by atomic mass is 9.98. The quantitative estimate of drug-likeness (QED) is 0.531. The Kier molecular flexibility index (Phi) is 10.4. The molecule has 0 radical (unpaired) electrons. The lowest BCUT2D eigenvalue weighted by Crippen LogP contribution is -2.30. The van der Waals surface area contributed by atoms with Crippen molar-refractivity contribution >= 4 is 0 Å². The van der Waals surface area contributed by atoms with E-state index in [0.717, 1.165) is 18.5 Å². The molecule has 15 heavy (non-hydrogen) atoms. The first-order valence-electron chi connectivity index (χ1n) is 6.94. The van der Waals surface area contributed by atoms with E-state index in [9.17, 15) is 0 Å². The first-order valence-corrected chi connectivity index (χ1v) is 6.94. The number of nitrogens with one attached hydrogen (secondary N) is 1. The van der Waals surface area contributed by atoms with Gasteiger partial charge in [-0.25, -0.2) is 0 Å². The van der Waals surface area contributed by atoms with E-state index < -0.39 is 0 Å². The van der Waals surface area contributed by atoms with Crippen LogP contribution in [0.15, 0.2) is 0 Å². The maximum atomic E-state index is 3.60. The molecule has 92 valence electrons. The molecule has 0 amide bonds. The van der Waals surface area contributed by atoms with Gasteiger partial charge in [-0.2, -0.15) is 0 Å². The summed E-state index contributed by atoms with van der Waals surface area (Å²) < 4.78 is 0. The Morgan fingerprint density at radius 1 is 0.933 bits per heavy atom. The van der Waals surface area contributed by atoms with Crippen LogP contribution in [0.4, 0.5) is 0 Å². The third-order valence-corrected chi connectivity index (χ3v) is 2.90. The normalized spacial score (nSPS) is 13.4. The number of unbranched alkanes of at least 4 members (excludes halogenated alkanes) is 4. The van der Waals surface area contributed by atoms with E-state index in [1.54, 1.807) is 0 Å². The molecule has 0 aliphatic rings. The molecule has 1 N–H and O–H groups in total. The summed E-state index contributed by atoms with van der Waals surface area (Å²) in [5.41, 5.74) is 0. The first-order chi connectivity index (χ1) is 7.20. The van der Waals surface area contributed by atoms with Crippen molar-refractivity contribution in [2.45, 2.75) is 78.7 Å². The van der Waals surface area contributed by atoms with Gasteiger partial charge in [0.15, 0.2) is 0 Å². The van der Waals surface area contributed by atoms with Crippen molar-refractivity contribution in [2.24, 2.45) is 5.92 Å². The molecule has 0 fully saturated rings. The number of rotatable bonds is 10. The van der Waals surface area contributed by atoms with Crippen molar-refractivity contribution in [3.05, 3.63) is 0 Å². The summed E-state index contributed by atoms with van der Waals surface area (Å²) in [6.07, 6.45) is 9.73. The molecular formula is C14H31N.